The predicted molar refractivity (Wildman–Crippen MR) is 85.7 cm³/mol. The third kappa shape index (κ3) is 3.74. The SMILES string of the molecule is Cc1nc(NCC(=O)N2CCCCC2)cc([C@@H]2CCCN2)n1. The van der Waals surface area contributed by atoms with Crippen molar-refractivity contribution in [3.05, 3.63) is 17.6 Å². The molecule has 0 bridgehead atoms. The van der Waals surface area contributed by atoms with Crippen LogP contribution in [0.2, 0.25) is 0 Å². The zero-order valence-corrected chi connectivity index (χ0v) is 13.3. The van der Waals surface area contributed by atoms with Crippen LogP contribution in [-0.4, -0.2) is 47.0 Å². The van der Waals surface area contributed by atoms with Crippen LogP contribution in [0.25, 0.3) is 0 Å². The first kappa shape index (κ1) is 15.2. The van der Waals surface area contributed by atoms with Crippen LogP contribution in [0, 0.1) is 6.92 Å². The first-order valence-electron chi connectivity index (χ1n) is 8.33. The van der Waals surface area contributed by atoms with E-state index in [9.17, 15) is 4.79 Å². The molecular weight excluding hydrogens is 278 g/mol. The number of nitrogens with zero attached hydrogens (tertiary/aromatic N) is 3. The van der Waals surface area contributed by atoms with E-state index in [0.29, 0.717) is 12.6 Å². The zero-order valence-electron chi connectivity index (χ0n) is 13.3. The maximum absolute atomic E-state index is 12.2. The average molecular weight is 303 g/mol. The lowest BCUT2D eigenvalue weighted by molar-refractivity contribution is -0.130. The number of anilines is 1. The first-order valence-corrected chi connectivity index (χ1v) is 8.33. The number of amides is 1. The fraction of sp³-hybridized carbons (Fsp3) is 0.688. The van der Waals surface area contributed by atoms with E-state index in [-0.39, 0.29) is 5.91 Å². The average Bonchev–Trinajstić information content (AvgIpc) is 3.07. The summed E-state index contributed by atoms with van der Waals surface area (Å²) >= 11 is 0. The molecule has 2 aliphatic rings. The summed E-state index contributed by atoms with van der Waals surface area (Å²) in [5.41, 5.74) is 1.03. The molecule has 2 N–H and O–H groups in total. The van der Waals surface area contributed by atoms with Crippen LogP contribution in [0.1, 0.15) is 49.7 Å². The van der Waals surface area contributed by atoms with Crippen LogP contribution >= 0.6 is 0 Å². The van der Waals surface area contributed by atoms with Crippen molar-refractivity contribution >= 4 is 11.7 Å². The topological polar surface area (TPSA) is 70.2 Å². The molecule has 22 heavy (non-hydrogen) atoms. The Morgan fingerprint density at radius 1 is 1.32 bits per heavy atom. The van der Waals surface area contributed by atoms with Gasteiger partial charge in [0.15, 0.2) is 0 Å². The Bertz CT molecular complexity index is 521. The normalized spacial score (nSPS) is 21.9. The van der Waals surface area contributed by atoms with Gasteiger partial charge in [0, 0.05) is 25.2 Å². The minimum atomic E-state index is 0.163. The van der Waals surface area contributed by atoms with Gasteiger partial charge in [0.25, 0.3) is 0 Å². The number of likely N-dealkylation sites (tertiary alicyclic amines) is 1. The Balaban J connectivity index is 1.60. The number of hydrogen-bond acceptors (Lipinski definition) is 5. The van der Waals surface area contributed by atoms with Gasteiger partial charge in [-0.3, -0.25) is 4.79 Å². The van der Waals surface area contributed by atoms with Gasteiger partial charge < -0.3 is 15.5 Å². The highest BCUT2D eigenvalue weighted by molar-refractivity contribution is 5.80. The highest BCUT2D eigenvalue weighted by atomic mass is 16.2. The summed E-state index contributed by atoms with van der Waals surface area (Å²) in [6.07, 6.45) is 5.78. The van der Waals surface area contributed by atoms with Crippen molar-refractivity contribution < 1.29 is 4.79 Å². The molecule has 0 aromatic carbocycles. The summed E-state index contributed by atoms with van der Waals surface area (Å²) in [4.78, 5) is 23.1. The highest BCUT2D eigenvalue weighted by Gasteiger charge is 2.19. The second-order valence-corrected chi connectivity index (χ2v) is 6.17. The lowest BCUT2D eigenvalue weighted by atomic mass is 10.1. The first-order chi connectivity index (χ1) is 10.7. The molecule has 120 valence electrons. The molecule has 2 fully saturated rings. The van der Waals surface area contributed by atoms with Gasteiger partial charge in [-0.2, -0.15) is 0 Å². The van der Waals surface area contributed by atoms with Crippen molar-refractivity contribution in [1.82, 2.24) is 20.2 Å². The van der Waals surface area contributed by atoms with Gasteiger partial charge in [0.05, 0.1) is 12.2 Å². The molecule has 3 heterocycles. The van der Waals surface area contributed by atoms with E-state index < -0.39 is 0 Å². The molecule has 2 aliphatic heterocycles. The minimum absolute atomic E-state index is 0.163. The number of nitrogens with one attached hydrogen (secondary N) is 2. The molecule has 0 aliphatic carbocycles. The Morgan fingerprint density at radius 2 is 2.14 bits per heavy atom. The Hall–Kier alpha value is -1.69. The molecule has 1 amide bonds. The molecule has 2 saturated heterocycles. The summed E-state index contributed by atoms with van der Waals surface area (Å²) < 4.78 is 0. The Morgan fingerprint density at radius 3 is 2.86 bits per heavy atom. The van der Waals surface area contributed by atoms with Crippen molar-refractivity contribution in [1.29, 1.82) is 0 Å². The molecule has 0 unspecified atom stereocenters. The zero-order chi connectivity index (χ0) is 15.4. The third-order valence-corrected chi connectivity index (χ3v) is 4.40. The number of carbonyl (C=O) groups excluding carboxylic acids is 1. The van der Waals surface area contributed by atoms with E-state index in [1.54, 1.807) is 0 Å². The predicted octanol–water partition coefficient (Wildman–Crippen LogP) is 1.63. The van der Waals surface area contributed by atoms with Crippen molar-refractivity contribution in [3.8, 4) is 0 Å². The van der Waals surface area contributed by atoms with E-state index >= 15 is 0 Å². The lowest BCUT2D eigenvalue weighted by Crippen LogP contribution is -2.39. The molecule has 1 aromatic heterocycles. The number of hydrogen-bond donors (Lipinski definition) is 2. The molecule has 6 nitrogen and oxygen atoms in total. The lowest BCUT2D eigenvalue weighted by Gasteiger charge is -2.26. The van der Waals surface area contributed by atoms with Gasteiger partial charge >= 0.3 is 0 Å². The van der Waals surface area contributed by atoms with Crippen molar-refractivity contribution in [2.24, 2.45) is 0 Å². The van der Waals surface area contributed by atoms with Crippen LogP contribution in [0.3, 0.4) is 0 Å². The van der Waals surface area contributed by atoms with Crippen molar-refractivity contribution in [3.63, 3.8) is 0 Å². The largest absolute Gasteiger partial charge is 0.361 e. The Labute approximate surface area is 131 Å². The molecule has 1 aromatic rings. The monoisotopic (exact) mass is 303 g/mol. The van der Waals surface area contributed by atoms with Crippen molar-refractivity contribution in [2.45, 2.75) is 45.1 Å². The van der Waals surface area contributed by atoms with Gasteiger partial charge in [-0.05, 0) is 45.6 Å². The maximum Gasteiger partial charge on any atom is 0.241 e. The van der Waals surface area contributed by atoms with E-state index in [1.165, 1.54) is 12.8 Å². The molecule has 3 rings (SSSR count). The number of piperidine rings is 1. The molecule has 6 heteroatoms. The molecule has 1 atom stereocenters. The van der Waals surface area contributed by atoms with Gasteiger partial charge in [-0.15, -0.1) is 0 Å². The van der Waals surface area contributed by atoms with E-state index in [2.05, 4.69) is 20.6 Å². The van der Waals surface area contributed by atoms with Gasteiger partial charge in [0.2, 0.25) is 5.91 Å². The van der Waals surface area contributed by atoms with Crippen LogP contribution < -0.4 is 10.6 Å². The smallest absolute Gasteiger partial charge is 0.241 e. The summed E-state index contributed by atoms with van der Waals surface area (Å²) in [5, 5.41) is 6.63. The molecular formula is C16H25N5O. The Kier molecular flexibility index (Phi) is 4.87. The summed E-state index contributed by atoms with van der Waals surface area (Å²) in [6, 6.07) is 2.29. The fourth-order valence-corrected chi connectivity index (χ4v) is 3.22. The summed E-state index contributed by atoms with van der Waals surface area (Å²) in [6.45, 7) is 5.04. The second-order valence-electron chi connectivity index (χ2n) is 6.17. The minimum Gasteiger partial charge on any atom is -0.361 e. The molecule has 0 radical (unpaired) electrons. The quantitative estimate of drug-likeness (QED) is 0.885. The number of aryl methyl sites for hydroxylation is 1. The summed E-state index contributed by atoms with van der Waals surface area (Å²) in [7, 11) is 0. The van der Waals surface area contributed by atoms with Crippen LogP contribution in [0.15, 0.2) is 6.07 Å². The number of rotatable bonds is 4. The molecule has 0 spiro atoms. The van der Waals surface area contributed by atoms with Gasteiger partial charge in [-0.1, -0.05) is 0 Å². The third-order valence-electron chi connectivity index (χ3n) is 4.40. The molecule has 0 saturated carbocycles. The van der Waals surface area contributed by atoms with E-state index in [0.717, 1.165) is 56.2 Å². The van der Waals surface area contributed by atoms with Crippen molar-refractivity contribution in [2.75, 3.05) is 31.5 Å². The fourth-order valence-electron chi connectivity index (χ4n) is 3.22. The standard InChI is InChI=1S/C16H25N5O/c1-12-19-14(13-6-5-7-17-13)10-15(20-12)18-11-16(22)21-8-3-2-4-9-21/h10,13,17H,2-9,11H2,1H3,(H,18,19,20)/t13-/m0/s1. The number of aromatic nitrogens is 2. The van der Waals surface area contributed by atoms with Gasteiger partial charge in [-0.25, -0.2) is 9.97 Å². The number of carbonyl (C=O) groups is 1. The summed E-state index contributed by atoms with van der Waals surface area (Å²) in [5.74, 6) is 1.66. The highest BCUT2D eigenvalue weighted by Crippen LogP contribution is 2.23. The van der Waals surface area contributed by atoms with Crippen LogP contribution in [-0.2, 0) is 4.79 Å². The van der Waals surface area contributed by atoms with Crippen LogP contribution in [0.4, 0.5) is 5.82 Å². The van der Waals surface area contributed by atoms with E-state index in [1.807, 2.05) is 17.9 Å². The maximum atomic E-state index is 12.2. The van der Waals surface area contributed by atoms with E-state index in [4.69, 9.17) is 0 Å². The second kappa shape index (κ2) is 7.05. The van der Waals surface area contributed by atoms with Crippen LogP contribution in [0.5, 0.6) is 0 Å². The van der Waals surface area contributed by atoms with Gasteiger partial charge in [0.1, 0.15) is 11.6 Å².